The monoisotopic (exact) mass is 197 g/mol. The van der Waals surface area contributed by atoms with E-state index in [2.05, 4.69) is 5.32 Å². The summed E-state index contributed by atoms with van der Waals surface area (Å²) in [6.45, 7) is 0.527. The van der Waals surface area contributed by atoms with E-state index < -0.39 is 0 Å². The van der Waals surface area contributed by atoms with Crippen LogP contribution in [0.1, 0.15) is 5.56 Å². The Labute approximate surface area is 83.5 Å². The molecule has 1 aromatic carbocycles. The molecule has 0 bridgehead atoms. The highest BCUT2D eigenvalue weighted by Crippen LogP contribution is 2.24. The van der Waals surface area contributed by atoms with Crippen molar-refractivity contribution >= 4 is 0 Å². The summed E-state index contributed by atoms with van der Waals surface area (Å²) in [5, 5.41) is 11.4. The molecule has 0 aliphatic carbocycles. The number of hydrogen-bond acceptors (Lipinski definition) is 4. The summed E-state index contributed by atoms with van der Waals surface area (Å²) in [7, 11) is 3.22. The molecule has 0 unspecified atom stereocenters. The molecule has 1 aromatic rings. The van der Waals surface area contributed by atoms with Gasteiger partial charge in [-0.3, -0.25) is 5.32 Å². The molecule has 0 heterocycles. The van der Waals surface area contributed by atoms with Gasteiger partial charge in [-0.1, -0.05) is 6.07 Å². The molecule has 0 aliphatic heterocycles. The molecular formula is C10H15NO3. The minimum absolute atomic E-state index is 0.0464. The molecule has 0 aliphatic rings. The molecule has 4 heteroatoms. The smallest absolute Gasteiger partial charge is 0.127 e. The van der Waals surface area contributed by atoms with Gasteiger partial charge in [-0.2, -0.15) is 0 Å². The van der Waals surface area contributed by atoms with E-state index in [-0.39, 0.29) is 6.73 Å². The Hall–Kier alpha value is -1.26. The van der Waals surface area contributed by atoms with E-state index >= 15 is 0 Å². The number of ether oxygens (including phenoxy) is 2. The van der Waals surface area contributed by atoms with Gasteiger partial charge in [0.15, 0.2) is 0 Å². The van der Waals surface area contributed by atoms with Gasteiger partial charge in [0.25, 0.3) is 0 Å². The molecule has 78 valence electrons. The second-order valence-corrected chi connectivity index (χ2v) is 2.76. The maximum atomic E-state index is 8.62. The first-order chi connectivity index (χ1) is 6.81. The van der Waals surface area contributed by atoms with Crippen molar-refractivity contribution in [3.63, 3.8) is 0 Å². The molecule has 0 spiro atoms. The van der Waals surface area contributed by atoms with Gasteiger partial charge < -0.3 is 14.6 Å². The van der Waals surface area contributed by atoms with E-state index in [0.29, 0.717) is 6.54 Å². The highest BCUT2D eigenvalue weighted by molar-refractivity contribution is 5.40. The Balaban J connectivity index is 2.82. The molecule has 4 nitrogen and oxygen atoms in total. The van der Waals surface area contributed by atoms with Crippen molar-refractivity contribution in [2.45, 2.75) is 6.54 Å². The Morgan fingerprint density at radius 3 is 2.64 bits per heavy atom. The van der Waals surface area contributed by atoms with Crippen LogP contribution in [0, 0.1) is 0 Å². The molecule has 0 saturated carbocycles. The summed E-state index contributed by atoms with van der Waals surface area (Å²) in [6, 6.07) is 5.58. The van der Waals surface area contributed by atoms with Gasteiger partial charge in [0.1, 0.15) is 11.5 Å². The molecular weight excluding hydrogens is 182 g/mol. The van der Waals surface area contributed by atoms with Crippen LogP contribution in [0.15, 0.2) is 18.2 Å². The van der Waals surface area contributed by atoms with Crippen molar-refractivity contribution in [2.24, 2.45) is 0 Å². The minimum Gasteiger partial charge on any atom is -0.497 e. The fraction of sp³-hybridized carbons (Fsp3) is 0.400. The Morgan fingerprint density at radius 2 is 2.07 bits per heavy atom. The molecule has 0 radical (unpaired) electrons. The number of aliphatic hydroxyl groups is 1. The fourth-order valence-corrected chi connectivity index (χ4v) is 1.19. The van der Waals surface area contributed by atoms with Gasteiger partial charge in [0, 0.05) is 18.2 Å². The third-order valence-corrected chi connectivity index (χ3v) is 1.92. The van der Waals surface area contributed by atoms with Crippen LogP contribution in [-0.4, -0.2) is 26.1 Å². The first kappa shape index (κ1) is 10.8. The molecule has 0 fully saturated rings. The van der Waals surface area contributed by atoms with Crippen molar-refractivity contribution < 1.29 is 14.6 Å². The third kappa shape index (κ3) is 2.61. The second kappa shape index (κ2) is 5.47. The van der Waals surface area contributed by atoms with Crippen LogP contribution in [0.25, 0.3) is 0 Å². The molecule has 0 atom stereocenters. The zero-order valence-electron chi connectivity index (χ0n) is 8.41. The van der Waals surface area contributed by atoms with E-state index in [1.165, 1.54) is 0 Å². The average Bonchev–Trinajstić information content (AvgIpc) is 2.26. The van der Waals surface area contributed by atoms with E-state index in [0.717, 1.165) is 17.1 Å². The lowest BCUT2D eigenvalue weighted by molar-refractivity contribution is 0.258. The molecule has 0 saturated heterocycles. The van der Waals surface area contributed by atoms with Crippen LogP contribution in [0.4, 0.5) is 0 Å². The predicted molar refractivity (Wildman–Crippen MR) is 53.5 cm³/mol. The van der Waals surface area contributed by atoms with Crippen LogP contribution >= 0.6 is 0 Å². The Kier molecular flexibility index (Phi) is 4.22. The summed E-state index contributed by atoms with van der Waals surface area (Å²) < 4.78 is 10.2. The third-order valence-electron chi connectivity index (χ3n) is 1.92. The first-order valence-corrected chi connectivity index (χ1v) is 4.34. The van der Waals surface area contributed by atoms with Gasteiger partial charge in [-0.05, 0) is 6.07 Å². The summed E-state index contributed by atoms with van der Waals surface area (Å²) in [6.07, 6.45) is 0. The average molecular weight is 197 g/mol. The molecule has 2 N–H and O–H groups in total. The number of hydrogen-bond donors (Lipinski definition) is 2. The SMILES string of the molecule is COc1ccc(CNCO)c(OC)c1. The molecule has 1 rings (SSSR count). The zero-order chi connectivity index (χ0) is 10.4. The standard InChI is InChI=1S/C10H15NO3/c1-13-9-4-3-8(6-11-7-12)10(5-9)14-2/h3-5,11-12H,6-7H2,1-2H3. The van der Waals surface area contributed by atoms with Crippen LogP contribution in [0.5, 0.6) is 11.5 Å². The number of nitrogens with one attached hydrogen (secondary N) is 1. The lowest BCUT2D eigenvalue weighted by Crippen LogP contribution is -2.14. The first-order valence-electron chi connectivity index (χ1n) is 4.34. The topological polar surface area (TPSA) is 50.7 Å². The quantitative estimate of drug-likeness (QED) is 0.684. The van der Waals surface area contributed by atoms with Crippen LogP contribution in [0.2, 0.25) is 0 Å². The van der Waals surface area contributed by atoms with Crippen LogP contribution < -0.4 is 14.8 Å². The van der Waals surface area contributed by atoms with Gasteiger partial charge in [-0.25, -0.2) is 0 Å². The normalized spacial score (nSPS) is 9.93. The largest absolute Gasteiger partial charge is 0.497 e. The number of benzene rings is 1. The van der Waals surface area contributed by atoms with E-state index in [1.807, 2.05) is 18.2 Å². The lowest BCUT2D eigenvalue weighted by atomic mass is 10.2. The molecule has 0 amide bonds. The van der Waals surface area contributed by atoms with Gasteiger partial charge in [0.2, 0.25) is 0 Å². The van der Waals surface area contributed by atoms with E-state index in [4.69, 9.17) is 14.6 Å². The number of rotatable bonds is 5. The fourth-order valence-electron chi connectivity index (χ4n) is 1.19. The zero-order valence-corrected chi connectivity index (χ0v) is 8.41. The van der Waals surface area contributed by atoms with Crippen molar-refractivity contribution in [3.05, 3.63) is 23.8 Å². The Morgan fingerprint density at radius 1 is 1.29 bits per heavy atom. The number of methoxy groups -OCH3 is 2. The highest BCUT2D eigenvalue weighted by atomic mass is 16.5. The van der Waals surface area contributed by atoms with Crippen molar-refractivity contribution in [3.8, 4) is 11.5 Å². The van der Waals surface area contributed by atoms with Gasteiger partial charge >= 0.3 is 0 Å². The van der Waals surface area contributed by atoms with Crippen molar-refractivity contribution in [2.75, 3.05) is 21.0 Å². The van der Waals surface area contributed by atoms with Gasteiger partial charge in [0.05, 0.1) is 21.0 Å². The minimum atomic E-state index is -0.0464. The second-order valence-electron chi connectivity index (χ2n) is 2.76. The maximum absolute atomic E-state index is 8.62. The van der Waals surface area contributed by atoms with Gasteiger partial charge in [-0.15, -0.1) is 0 Å². The van der Waals surface area contributed by atoms with Crippen LogP contribution in [0.3, 0.4) is 0 Å². The van der Waals surface area contributed by atoms with Crippen molar-refractivity contribution in [1.82, 2.24) is 5.32 Å². The predicted octanol–water partition coefficient (Wildman–Crippen LogP) is 0.743. The molecule has 14 heavy (non-hydrogen) atoms. The number of aliphatic hydroxyl groups excluding tert-OH is 1. The van der Waals surface area contributed by atoms with Crippen LogP contribution in [-0.2, 0) is 6.54 Å². The summed E-state index contributed by atoms with van der Waals surface area (Å²) >= 11 is 0. The summed E-state index contributed by atoms with van der Waals surface area (Å²) in [5.74, 6) is 1.51. The van der Waals surface area contributed by atoms with E-state index in [9.17, 15) is 0 Å². The van der Waals surface area contributed by atoms with E-state index in [1.54, 1.807) is 14.2 Å². The highest BCUT2D eigenvalue weighted by Gasteiger charge is 2.03. The summed E-state index contributed by atoms with van der Waals surface area (Å²) in [5.41, 5.74) is 0.988. The Bertz CT molecular complexity index is 289. The maximum Gasteiger partial charge on any atom is 0.127 e. The molecule has 0 aromatic heterocycles. The lowest BCUT2D eigenvalue weighted by Gasteiger charge is -2.10. The van der Waals surface area contributed by atoms with Crippen molar-refractivity contribution in [1.29, 1.82) is 0 Å². The summed E-state index contributed by atoms with van der Waals surface area (Å²) in [4.78, 5) is 0.